The molecule has 2 aliphatic rings. The fourth-order valence-electron chi connectivity index (χ4n) is 4.03. The van der Waals surface area contributed by atoms with E-state index < -0.39 is 23.8 Å². The first kappa shape index (κ1) is 21.7. The van der Waals surface area contributed by atoms with Gasteiger partial charge < -0.3 is 14.8 Å². The minimum absolute atomic E-state index is 0.0901. The number of thioether (sulfide) groups is 1. The number of hydrogen-bond donors (Lipinski definition) is 1. The Morgan fingerprint density at radius 2 is 1.97 bits per heavy atom. The summed E-state index contributed by atoms with van der Waals surface area (Å²) < 4.78 is 10.7. The molecule has 158 valence electrons. The van der Waals surface area contributed by atoms with E-state index in [4.69, 9.17) is 9.47 Å². The van der Waals surface area contributed by atoms with Gasteiger partial charge in [0.05, 0.1) is 17.4 Å². The van der Waals surface area contributed by atoms with Crippen LogP contribution in [0.1, 0.15) is 46.5 Å². The molecule has 1 saturated carbocycles. The van der Waals surface area contributed by atoms with Crippen LogP contribution in [-0.2, 0) is 23.9 Å². The summed E-state index contributed by atoms with van der Waals surface area (Å²) in [4.78, 5) is 37.5. The molecule has 3 rings (SSSR count). The van der Waals surface area contributed by atoms with Crippen LogP contribution in [0.5, 0.6) is 0 Å². The van der Waals surface area contributed by atoms with Crippen molar-refractivity contribution in [2.75, 3.05) is 11.9 Å². The topological polar surface area (TPSA) is 81.7 Å². The number of anilines is 1. The van der Waals surface area contributed by atoms with Crippen LogP contribution in [0.2, 0.25) is 0 Å². The molecule has 1 amide bonds. The highest BCUT2D eigenvalue weighted by atomic mass is 32.2. The smallest absolute Gasteiger partial charge is 0.344 e. The molecule has 1 aromatic rings. The first-order chi connectivity index (χ1) is 13.8. The third-order valence-corrected chi connectivity index (χ3v) is 6.93. The van der Waals surface area contributed by atoms with Gasteiger partial charge in [0.15, 0.2) is 6.61 Å². The quantitative estimate of drug-likeness (QED) is 0.701. The van der Waals surface area contributed by atoms with E-state index in [1.54, 1.807) is 0 Å². The Balaban J connectivity index is 1.46. The molecule has 0 bridgehead atoms. The Kier molecular flexibility index (Phi) is 7.22. The lowest BCUT2D eigenvalue weighted by Crippen LogP contribution is -2.37. The summed E-state index contributed by atoms with van der Waals surface area (Å²) in [7, 11) is 0. The number of amides is 1. The number of carbonyl (C=O) groups is 3. The van der Waals surface area contributed by atoms with Gasteiger partial charge in [-0.05, 0) is 42.7 Å². The Morgan fingerprint density at radius 3 is 2.72 bits per heavy atom. The molecule has 4 atom stereocenters. The zero-order chi connectivity index (χ0) is 21.0. The van der Waals surface area contributed by atoms with Crippen LogP contribution in [-0.4, -0.2) is 35.8 Å². The van der Waals surface area contributed by atoms with Crippen LogP contribution >= 0.6 is 11.8 Å². The Hall–Kier alpha value is -2.02. The maximum absolute atomic E-state index is 12.2. The Morgan fingerprint density at radius 1 is 1.21 bits per heavy atom. The van der Waals surface area contributed by atoms with E-state index in [1.165, 1.54) is 11.8 Å². The fourth-order valence-corrected chi connectivity index (χ4v) is 5.12. The van der Waals surface area contributed by atoms with Crippen LogP contribution in [0, 0.1) is 17.8 Å². The van der Waals surface area contributed by atoms with Crippen molar-refractivity contribution >= 4 is 35.3 Å². The van der Waals surface area contributed by atoms with Gasteiger partial charge in [0, 0.05) is 4.90 Å². The van der Waals surface area contributed by atoms with Crippen molar-refractivity contribution in [2.24, 2.45) is 17.8 Å². The second kappa shape index (κ2) is 9.65. The number of rotatable bonds is 6. The molecular formula is C22H29NO5S. The zero-order valence-corrected chi connectivity index (χ0v) is 18.0. The minimum Gasteiger partial charge on any atom is -0.460 e. The van der Waals surface area contributed by atoms with Gasteiger partial charge in [0.1, 0.15) is 6.10 Å². The van der Waals surface area contributed by atoms with E-state index in [-0.39, 0.29) is 18.4 Å². The molecule has 1 aromatic carbocycles. The molecule has 1 N–H and O–H groups in total. The summed E-state index contributed by atoms with van der Waals surface area (Å²) >= 11 is 1.33. The molecule has 0 saturated heterocycles. The number of ether oxygens (including phenoxy) is 2. The monoisotopic (exact) mass is 419 g/mol. The van der Waals surface area contributed by atoms with Crippen molar-refractivity contribution in [1.82, 2.24) is 0 Å². The lowest BCUT2D eigenvalue weighted by molar-refractivity contribution is -0.167. The lowest BCUT2D eigenvalue weighted by Gasteiger charge is -2.36. The van der Waals surface area contributed by atoms with E-state index in [1.807, 2.05) is 24.3 Å². The summed E-state index contributed by atoms with van der Waals surface area (Å²) in [5.74, 6) is -0.0271. The highest BCUT2D eigenvalue weighted by Gasteiger charge is 2.34. The zero-order valence-electron chi connectivity index (χ0n) is 17.2. The first-order valence-electron chi connectivity index (χ1n) is 10.2. The third-order valence-electron chi connectivity index (χ3n) is 5.65. The van der Waals surface area contributed by atoms with Gasteiger partial charge in [-0.3, -0.25) is 9.59 Å². The molecule has 0 radical (unpaired) electrons. The molecule has 1 aliphatic carbocycles. The molecule has 7 heteroatoms. The number of benzene rings is 1. The second-order valence-corrected chi connectivity index (χ2v) is 9.56. The van der Waals surface area contributed by atoms with Crippen molar-refractivity contribution in [2.45, 2.75) is 62.7 Å². The van der Waals surface area contributed by atoms with Gasteiger partial charge in [-0.1, -0.05) is 39.3 Å². The summed E-state index contributed by atoms with van der Waals surface area (Å²) in [6, 6.07) is 7.44. The lowest BCUT2D eigenvalue weighted by atomic mass is 9.75. The number of nitrogens with one attached hydrogen (secondary N) is 1. The predicted molar refractivity (Wildman–Crippen MR) is 112 cm³/mol. The van der Waals surface area contributed by atoms with E-state index in [0.717, 1.165) is 29.8 Å². The van der Waals surface area contributed by atoms with Crippen LogP contribution < -0.4 is 5.32 Å². The molecule has 1 heterocycles. The standard InChI is InChI=1S/C22H29NO5S/c1-13(2)15-9-8-14(3)10-17(15)28-21(25)12-27-20(24)11-19-22(26)23-16-6-4-5-7-18(16)29-19/h4-7,13-15,17,19H,8-12H2,1-3H3,(H,23,26)/t14-,15+,17+,19+/m1/s1. The first-order valence-corrected chi connectivity index (χ1v) is 11.1. The summed E-state index contributed by atoms with van der Waals surface area (Å²) in [6.07, 6.45) is 2.83. The average Bonchev–Trinajstić information content (AvgIpc) is 2.67. The van der Waals surface area contributed by atoms with Crippen molar-refractivity contribution < 1.29 is 23.9 Å². The number of esters is 2. The fraction of sp³-hybridized carbons (Fsp3) is 0.591. The summed E-state index contributed by atoms with van der Waals surface area (Å²) in [5, 5.41) is 2.22. The van der Waals surface area contributed by atoms with Crippen molar-refractivity contribution in [3.63, 3.8) is 0 Å². The largest absolute Gasteiger partial charge is 0.460 e. The number of para-hydroxylation sites is 1. The summed E-state index contributed by atoms with van der Waals surface area (Å²) in [5.41, 5.74) is 0.747. The molecular weight excluding hydrogens is 390 g/mol. The average molecular weight is 420 g/mol. The second-order valence-electron chi connectivity index (χ2n) is 8.31. The SMILES string of the molecule is CC(C)[C@@H]1CC[C@@H](C)C[C@@H]1OC(=O)COC(=O)C[C@@H]1Sc2ccccc2NC1=O. The van der Waals surface area contributed by atoms with E-state index in [2.05, 4.69) is 26.1 Å². The maximum Gasteiger partial charge on any atom is 0.344 e. The van der Waals surface area contributed by atoms with E-state index >= 15 is 0 Å². The van der Waals surface area contributed by atoms with Crippen LogP contribution in [0.25, 0.3) is 0 Å². The number of hydrogen-bond acceptors (Lipinski definition) is 6. The maximum atomic E-state index is 12.2. The van der Waals surface area contributed by atoms with Gasteiger partial charge in [0.2, 0.25) is 5.91 Å². The van der Waals surface area contributed by atoms with E-state index in [0.29, 0.717) is 17.8 Å². The minimum atomic E-state index is -0.577. The van der Waals surface area contributed by atoms with Crippen LogP contribution in [0.15, 0.2) is 29.2 Å². The Bertz CT molecular complexity index is 765. The summed E-state index contributed by atoms with van der Waals surface area (Å²) in [6.45, 7) is 6.05. The normalized spacial score (nSPS) is 26.4. The van der Waals surface area contributed by atoms with E-state index in [9.17, 15) is 14.4 Å². The molecule has 0 aromatic heterocycles. The van der Waals surface area contributed by atoms with Crippen molar-refractivity contribution in [3.05, 3.63) is 24.3 Å². The highest BCUT2D eigenvalue weighted by molar-refractivity contribution is 8.01. The number of fused-ring (bicyclic) bond motifs is 1. The van der Waals surface area contributed by atoms with Gasteiger partial charge in [-0.15, -0.1) is 11.8 Å². The van der Waals surface area contributed by atoms with Gasteiger partial charge >= 0.3 is 11.9 Å². The van der Waals surface area contributed by atoms with Crippen LogP contribution in [0.3, 0.4) is 0 Å². The third kappa shape index (κ3) is 5.75. The predicted octanol–water partition coefficient (Wildman–Crippen LogP) is 4.04. The van der Waals surface area contributed by atoms with Crippen molar-refractivity contribution in [1.29, 1.82) is 0 Å². The molecule has 29 heavy (non-hydrogen) atoms. The molecule has 6 nitrogen and oxygen atoms in total. The highest BCUT2D eigenvalue weighted by Crippen LogP contribution is 2.37. The van der Waals surface area contributed by atoms with Crippen LogP contribution in [0.4, 0.5) is 5.69 Å². The van der Waals surface area contributed by atoms with Gasteiger partial charge in [-0.2, -0.15) is 0 Å². The van der Waals surface area contributed by atoms with Gasteiger partial charge in [-0.25, -0.2) is 4.79 Å². The molecule has 1 aliphatic heterocycles. The molecule has 1 fully saturated rings. The van der Waals surface area contributed by atoms with Crippen molar-refractivity contribution in [3.8, 4) is 0 Å². The molecule has 0 spiro atoms. The number of carbonyl (C=O) groups excluding carboxylic acids is 3. The molecule has 0 unspecified atom stereocenters. The Labute approximate surface area is 176 Å². The van der Waals surface area contributed by atoms with Gasteiger partial charge in [0.25, 0.3) is 0 Å².